The Morgan fingerprint density at radius 3 is 2.56 bits per heavy atom. The van der Waals surface area contributed by atoms with Crippen molar-refractivity contribution in [1.29, 1.82) is 0 Å². The molecule has 0 radical (unpaired) electrons. The highest BCUT2D eigenvalue weighted by Crippen LogP contribution is 2.28. The minimum absolute atomic E-state index is 0.0306. The third kappa shape index (κ3) is 3.32. The summed E-state index contributed by atoms with van der Waals surface area (Å²) in [5.41, 5.74) is 3.42. The molecule has 0 N–H and O–H groups in total. The van der Waals surface area contributed by atoms with Gasteiger partial charge < -0.3 is 14.3 Å². The molecule has 1 saturated heterocycles. The number of piperidine rings is 1. The number of benzene rings is 1. The number of carbonyl (C=O) groups excluding carboxylic acids is 1. The molecule has 0 bridgehead atoms. The first-order valence-corrected chi connectivity index (χ1v) is 9.32. The lowest BCUT2D eigenvalue weighted by atomic mass is 10.0. The fourth-order valence-corrected chi connectivity index (χ4v) is 3.78. The molecule has 1 aliphatic heterocycles. The summed E-state index contributed by atoms with van der Waals surface area (Å²) in [4.78, 5) is 22.1. The number of rotatable bonds is 3. The molecule has 0 aliphatic carbocycles. The van der Waals surface area contributed by atoms with Crippen LogP contribution < -0.4 is 0 Å². The zero-order valence-corrected chi connectivity index (χ0v) is 16.0. The summed E-state index contributed by atoms with van der Waals surface area (Å²) in [6.45, 7) is 3.37. The lowest BCUT2D eigenvalue weighted by Gasteiger charge is -2.35. The Bertz CT molecular complexity index is 957. The highest BCUT2D eigenvalue weighted by atomic mass is 16.5. The normalized spacial score (nSPS) is 15.6. The van der Waals surface area contributed by atoms with Gasteiger partial charge in [-0.15, -0.1) is 0 Å². The Kier molecular flexibility index (Phi) is 4.66. The van der Waals surface area contributed by atoms with Crippen molar-refractivity contribution in [2.24, 2.45) is 0 Å². The van der Waals surface area contributed by atoms with E-state index in [2.05, 4.69) is 29.1 Å². The molecule has 3 aromatic rings. The molecule has 140 valence electrons. The minimum Gasteiger partial charge on any atom is -0.339 e. The SMILES string of the molecule is Cc1noc2nc(-c3ccccc3)cc(C(=O)N3CCC(N(C)C)CC3)c12. The Morgan fingerprint density at radius 2 is 1.89 bits per heavy atom. The second kappa shape index (κ2) is 7.12. The molecule has 1 aromatic carbocycles. The van der Waals surface area contributed by atoms with Gasteiger partial charge in [0.2, 0.25) is 0 Å². The number of pyridine rings is 1. The Hall–Kier alpha value is -2.73. The van der Waals surface area contributed by atoms with Crippen molar-refractivity contribution in [3.63, 3.8) is 0 Å². The van der Waals surface area contributed by atoms with Crippen molar-refractivity contribution >= 4 is 17.0 Å². The van der Waals surface area contributed by atoms with Crippen LogP contribution in [0.3, 0.4) is 0 Å². The minimum atomic E-state index is 0.0306. The summed E-state index contributed by atoms with van der Waals surface area (Å²) in [5, 5.41) is 4.76. The molecule has 6 nitrogen and oxygen atoms in total. The van der Waals surface area contributed by atoms with Crippen LogP contribution in [0.5, 0.6) is 0 Å². The van der Waals surface area contributed by atoms with E-state index in [4.69, 9.17) is 4.52 Å². The van der Waals surface area contributed by atoms with E-state index in [-0.39, 0.29) is 5.91 Å². The maximum absolute atomic E-state index is 13.3. The number of amides is 1. The van der Waals surface area contributed by atoms with E-state index in [1.54, 1.807) is 0 Å². The molecule has 1 amide bonds. The van der Waals surface area contributed by atoms with E-state index < -0.39 is 0 Å². The zero-order valence-electron chi connectivity index (χ0n) is 16.0. The van der Waals surface area contributed by atoms with Crippen LogP contribution in [0.2, 0.25) is 0 Å². The van der Waals surface area contributed by atoms with Crippen LogP contribution in [0.15, 0.2) is 40.9 Å². The summed E-state index contributed by atoms with van der Waals surface area (Å²) >= 11 is 0. The largest absolute Gasteiger partial charge is 0.339 e. The maximum atomic E-state index is 13.3. The van der Waals surface area contributed by atoms with Crippen LogP contribution in [0.25, 0.3) is 22.4 Å². The van der Waals surface area contributed by atoms with E-state index in [0.29, 0.717) is 23.0 Å². The van der Waals surface area contributed by atoms with Crippen LogP contribution in [0.4, 0.5) is 0 Å². The van der Waals surface area contributed by atoms with Crippen molar-refractivity contribution in [3.8, 4) is 11.3 Å². The second-order valence-electron chi connectivity index (χ2n) is 7.36. The van der Waals surface area contributed by atoms with E-state index in [0.717, 1.165) is 42.6 Å². The number of likely N-dealkylation sites (tertiary alicyclic amines) is 1. The highest BCUT2D eigenvalue weighted by molar-refractivity contribution is 6.07. The molecule has 1 fully saturated rings. The highest BCUT2D eigenvalue weighted by Gasteiger charge is 2.27. The molecule has 3 heterocycles. The number of hydrogen-bond donors (Lipinski definition) is 0. The molecule has 4 rings (SSSR count). The smallest absolute Gasteiger partial charge is 0.259 e. The van der Waals surface area contributed by atoms with E-state index in [9.17, 15) is 4.79 Å². The standard InChI is InChI=1S/C21H24N4O2/c1-14-19-17(21(26)25-11-9-16(10-12-25)24(2)3)13-18(22-20(19)27-23-14)15-7-5-4-6-8-15/h4-8,13,16H,9-12H2,1-3H3. The van der Waals surface area contributed by atoms with Crippen LogP contribution in [-0.4, -0.2) is 59.1 Å². The van der Waals surface area contributed by atoms with E-state index in [1.807, 2.05) is 48.2 Å². The zero-order chi connectivity index (χ0) is 19.0. The first-order chi connectivity index (χ1) is 13.0. The topological polar surface area (TPSA) is 62.5 Å². The molecule has 1 aliphatic rings. The molecular formula is C21H24N4O2. The Balaban J connectivity index is 1.72. The predicted octanol–water partition coefficient (Wildman–Crippen LogP) is 3.36. The molecule has 6 heteroatoms. The molecular weight excluding hydrogens is 340 g/mol. The van der Waals surface area contributed by atoms with Gasteiger partial charge in [0.05, 0.1) is 22.3 Å². The average Bonchev–Trinajstić information content (AvgIpc) is 3.08. The quantitative estimate of drug-likeness (QED) is 0.713. The van der Waals surface area contributed by atoms with Gasteiger partial charge in [-0.25, -0.2) is 4.98 Å². The summed E-state index contributed by atoms with van der Waals surface area (Å²) in [6, 6.07) is 12.2. The molecule has 27 heavy (non-hydrogen) atoms. The lowest BCUT2D eigenvalue weighted by molar-refractivity contribution is 0.0665. The van der Waals surface area contributed by atoms with Gasteiger partial charge in [-0.05, 0) is 39.9 Å². The van der Waals surface area contributed by atoms with E-state index >= 15 is 0 Å². The first kappa shape index (κ1) is 17.7. The number of aromatic nitrogens is 2. The molecule has 0 unspecified atom stereocenters. The predicted molar refractivity (Wildman–Crippen MR) is 105 cm³/mol. The van der Waals surface area contributed by atoms with Crippen LogP contribution in [0, 0.1) is 6.92 Å². The monoisotopic (exact) mass is 364 g/mol. The van der Waals surface area contributed by atoms with Gasteiger partial charge in [-0.2, -0.15) is 0 Å². The fourth-order valence-electron chi connectivity index (χ4n) is 3.78. The van der Waals surface area contributed by atoms with Crippen molar-refractivity contribution in [2.45, 2.75) is 25.8 Å². The van der Waals surface area contributed by atoms with Gasteiger partial charge in [0, 0.05) is 24.7 Å². The van der Waals surface area contributed by atoms with Gasteiger partial charge in [0.15, 0.2) is 0 Å². The Morgan fingerprint density at radius 1 is 1.19 bits per heavy atom. The fraction of sp³-hybridized carbons (Fsp3) is 0.381. The molecule has 0 spiro atoms. The average molecular weight is 364 g/mol. The molecule has 0 atom stereocenters. The third-order valence-corrected chi connectivity index (χ3v) is 5.40. The van der Waals surface area contributed by atoms with Crippen LogP contribution in [-0.2, 0) is 0 Å². The summed E-state index contributed by atoms with van der Waals surface area (Å²) in [5.74, 6) is 0.0306. The van der Waals surface area contributed by atoms with Crippen LogP contribution >= 0.6 is 0 Å². The number of carbonyl (C=O) groups is 1. The molecule has 2 aromatic heterocycles. The van der Waals surface area contributed by atoms with Gasteiger partial charge in [0.1, 0.15) is 0 Å². The van der Waals surface area contributed by atoms with Crippen LogP contribution in [0.1, 0.15) is 28.9 Å². The number of aryl methyl sites for hydroxylation is 1. The lowest BCUT2D eigenvalue weighted by Crippen LogP contribution is -2.44. The molecule has 0 saturated carbocycles. The number of nitrogens with zero attached hydrogens (tertiary/aromatic N) is 4. The first-order valence-electron chi connectivity index (χ1n) is 9.32. The van der Waals surface area contributed by atoms with E-state index in [1.165, 1.54) is 0 Å². The van der Waals surface area contributed by atoms with Crippen molar-refractivity contribution < 1.29 is 9.32 Å². The maximum Gasteiger partial charge on any atom is 0.259 e. The number of fused-ring (bicyclic) bond motifs is 1. The summed E-state index contributed by atoms with van der Waals surface area (Å²) in [6.07, 6.45) is 1.97. The summed E-state index contributed by atoms with van der Waals surface area (Å²) in [7, 11) is 4.20. The van der Waals surface area contributed by atoms with Gasteiger partial charge in [-0.3, -0.25) is 4.79 Å². The van der Waals surface area contributed by atoms with Gasteiger partial charge in [-0.1, -0.05) is 35.5 Å². The van der Waals surface area contributed by atoms with Crippen molar-refractivity contribution in [1.82, 2.24) is 19.9 Å². The van der Waals surface area contributed by atoms with Crippen molar-refractivity contribution in [3.05, 3.63) is 47.7 Å². The third-order valence-electron chi connectivity index (χ3n) is 5.40. The second-order valence-corrected chi connectivity index (χ2v) is 7.36. The number of hydrogen-bond acceptors (Lipinski definition) is 5. The Labute approximate surface area is 158 Å². The van der Waals surface area contributed by atoms with Gasteiger partial charge >= 0.3 is 0 Å². The van der Waals surface area contributed by atoms with Crippen molar-refractivity contribution in [2.75, 3.05) is 27.2 Å². The summed E-state index contributed by atoms with van der Waals surface area (Å²) < 4.78 is 5.40. The van der Waals surface area contributed by atoms with Gasteiger partial charge in [0.25, 0.3) is 11.6 Å².